The van der Waals surface area contributed by atoms with Gasteiger partial charge in [-0.05, 0) is 18.8 Å². The van der Waals surface area contributed by atoms with Crippen LogP contribution in [0.15, 0.2) is 0 Å². The summed E-state index contributed by atoms with van der Waals surface area (Å²) in [4.78, 5) is 11.3. The van der Waals surface area contributed by atoms with Crippen molar-refractivity contribution >= 4 is 5.91 Å². The van der Waals surface area contributed by atoms with Crippen molar-refractivity contribution in [2.24, 2.45) is 11.7 Å². The number of nitrogens with two attached hydrogens (primary N) is 1. The quantitative estimate of drug-likeness (QED) is 0.548. The Hall–Kier alpha value is -0.610. The van der Waals surface area contributed by atoms with Crippen LogP contribution in [0.1, 0.15) is 32.1 Å². The third-order valence-electron chi connectivity index (χ3n) is 2.71. The summed E-state index contributed by atoms with van der Waals surface area (Å²) in [7, 11) is 1.67. The van der Waals surface area contributed by atoms with Gasteiger partial charge in [0.05, 0.1) is 6.04 Å². The minimum Gasteiger partial charge on any atom is -0.320 e. The average Bonchev–Trinajstić information content (AvgIpc) is 2.18. The first-order chi connectivity index (χ1) is 6.25. The second kappa shape index (κ2) is 5.19. The zero-order valence-corrected chi connectivity index (χ0v) is 8.18. The molecule has 76 valence electrons. The van der Waals surface area contributed by atoms with E-state index < -0.39 is 0 Å². The molecule has 0 aromatic heterocycles. The van der Waals surface area contributed by atoms with E-state index in [1.54, 1.807) is 7.05 Å². The summed E-state index contributed by atoms with van der Waals surface area (Å²) >= 11 is 0. The Morgan fingerprint density at radius 3 is 2.54 bits per heavy atom. The van der Waals surface area contributed by atoms with E-state index in [9.17, 15) is 4.79 Å². The zero-order chi connectivity index (χ0) is 9.68. The first-order valence-corrected chi connectivity index (χ1v) is 4.98. The number of hydrogen-bond donors (Lipinski definition) is 3. The van der Waals surface area contributed by atoms with Crippen LogP contribution in [0.5, 0.6) is 0 Å². The van der Waals surface area contributed by atoms with Gasteiger partial charge in [-0.2, -0.15) is 0 Å². The molecule has 0 radical (unpaired) electrons. The zero-order valence-electron chi connectivity index (χ0n) is 8.18. The molecular weight excluding hydrogens is 166 g/mol. The van der Waals surface area contributed by atoms with Gasteiger partial charge in [-0.25, -0.2) is 5.43 Å². The SMILES string of the molecule is CNNC(=O)C(N)C1CCCCC1. The molecule has 1 aliphatic carbocycles. The fraction of sp³-hybridized carbons (Fsp3) is 0.889. The van der Waals surface area contributed by atoms with E-state index in [1.165, 1.54) is 19.3 Å². The Morgan fingerprint density at radius 1 is 1.38 bits per heavy atom. The van der Waals surface area contributed by atoms with E-state index in [0.29, 0.717) is 5.92 Å². The molecule has 0 spiro atoms. The Kier molecular flexibility index (Phi) is 4.18. The molecule has 1 rings (SSSR count). The fourth-order valence-corrected chi connectivity index (χ4v) is 1.91. The summed E-state index contributed by atoms with van der Waals surface area (Å²) in [6, 6.07) is -0.340. The normalized spacial score (nSPS) is 21.1. The fourth-order valence-electron chi connectivity index (χ4n) is 1.91. The number of hydrogen-bond acceptors (Lipinski definition) is 3. The van der Waals surface area contributed by atoms with E-state index in [-0.39, 0.29) is 11.9 Å². The molecule has 1 atom stereocenters. The average molecular weight is 185 g/mol. The van der Waals surface area contributed by atoms with Crippen LogP contribution in [0.3, 0.4) is 0 Å². The largest absolute Gasteiger partial charge is 0.320 e. The third kappa shape index (κ3) is 2.97. The number of carbonyl (C=O) groups excluding carboxylic acids is 1. The minimum atomic E-state index is -0.340. The Labute approximate surface area is 79.2 Å². The van der Waals surface area contributed by atoms with E-state index in [1.807, 2.05) is 0 Å². The van der Waals surface area contributed by atoms with Gasteiger partial charge in [-0.15, -0.1) is 0 Å². The molecule has 4 N–H and O–H groups in total. The van der Waals surface area contributed by atoms with Crippen LogP contribution in [0.25, 0.3) is 0 Å². The van der Waals surface area contributed by atoms with Gasteiger partial charge in [-0.3, -0.25) is 10.2 Å². The second-order valence-electron chi connectivity index (χ2n) is 3.66. The van der Waals surface area contributed by atoms with Crippen molar-refractivity contribution in [1.82, 2.24) is 10.9 Å². The van der Waals surface area contributed by atoms with Gasteiger partial charge in [0.2, 0.25) is 0 Å². The molecular formula is C9H19N3O. The highest BCUT2D eigenvalue weighted by Gasteiger charge is 2.25. The number of carbonyl (C=O) groups is 1. The highest BCUT2D eigenvalue weighted by Crippen LogP contribution is 2.25. The number of hydrazine groups is 1. The number of amides is 1. The van der Waals surface area contributed by atoms with E-state index in [0.717, 1.165) is 12.8 Å². The van der Waals surface area contributed by atoms with Crippen molar-refractivity contribution in [3.05, 3.63) is 0 Å². The minimum absolute atomic E-state index is 0.0885. The van der Waals surface area contributed by atoms with Gasteiger partial charge >= 0.3 is 0 Å². The lowest BCUT2D eigenvalue weighted by Crippen LogP contribution is -2.49. The molecule has 1 fully saturated rings. The summed E-state index contributed by atoms with van der Waals surface area (Å²) in [6.45, 7) is 0. The first kappa shape index (κ1) is 10.5. The molecule has 4 nitrogen and oxygen atoms in total. The van der Waals surface area contributed by atoms with Crippen LogP contribution in [0.2, 0.25) is 0 Å². The van der Waals surface area contributed by atoms with Crippen molar-refractivity contribution in [2.75, 3.05) is 7.05 Å². The first-order valence-electron chi connectivity index (χ1n) is 4.98. The predicted octanol–water partition coefficient (Wildman–Crippen LogP) is 0.145. The maximum absolute atomic E-state index is 11.3. The highest BCUT2D eigenvalue weighted by molar-refractivity contribution is 5.81. The highest BCUT2D eigenvalue weighted by atomic mass is 16.2. The Balaban J connectivity index is 2.35. The van der Waals surface area contributed by atoms with Gasteiger partial charge < -0.3 is 5.73 Å². The molecule has 0 aliphatic heterocycles. The lowest BCUT2D eigenvalue weighted by molar-refractivity contribution is -0.124. The summed E-state index contributed by atoms with van der Waals surface area (Å²) < 4.78 is 0. The van der Waals surface area contributed by atoms with Crippen LogP contribution in [0, 0.1) is 5.92 Å². The molecule has 0 saturated heterocycles. The molecule has 1 aliphatic rings. The summed E-state index contributed by atoms with van der Waals surface area (Å²) in [5.74, 6) is 0.288. The third-order valence-corrected chi connectivity index (χ3v) is 2.71. The maximum Gasteiger partial charge on any atom is 0.251 e. The van der Waals surface area contributed by atoms with Crippen molar-refractivity contribution in [3.8, 4) is 0 Å². The summed E-state index contributed by atoms with van der Waals surface area (Å²) in [6.07, 6.45) is 5.91. The van der Waals surface area contributed by atoms with E-state index in [2.05, 4.69) is 10.9 Å². The molecule has 4 heteroatoms. The molecule has 13 heavy (non-hydrogen) atoms. The van der Waals surface area contributed by atoms with E-state index >= 15 is 0 Å². The topological polar surface area (TPSA) is 67.1 Å². The lowest BCUT2D eigenvalue weighted by Gasteiger charge is -2.26. The molecule has 1 saturated carbocycles. The van der Waals surface area contributed by atoms with Gasteiger partial charge in [0.1, 0.15) is 0 Å². The Morgan fingerprint density at radius 2 is 2.00 bits per heavy atom. The van der Waals surface area contributed by atoms with Crippen LogP contribution in [-0.2, 0) is 4.79 Å². The van der Waals surface area contributed by atoms with Crippen LogP contribution in [0.4, 0.5) is 0 Å². The number of nitrogens with one attached hydrogen (secondary N) is 2. The van der Waals surface area contributed by atoms with Gasteiger partial charge in [0.25, 0.3) is 5.91 Å². The molecule has 1 amide bonds. The Bertz CT molecular complexity index is 166. The summed E-state index contributed by atoms with van der Waals surface area (Å²) in [5, 5.41) is 0. The van der Waals surface area contributed by atoms with Crippen molar-refractivity contribution < 1.29 is 4.79 Å². The molecule has 1 unspecified atom stereocenters. The number of rotatable bonds is 3. The summed E-state index contributed by atoms with van der Waals surface area (Å²) in [5.41, 5.74) is 11.0. The molecule has 0 heterocycles. The van der Waals surface area contributed by atoms with Gasteiger partial charge in [0, 0.05) is 7.05 Å². The second-order valence-corrected chi connectivity index (χ2v) is 3.66. The molecule has 0 bridgehead atoms. The van der Waals surface area contributed by atoms with Crippen LogP contribution >= 0.6 is 0 Å². The predicted molar refractivity (Wildman–Crippen MR) is 51.8 cm³/mol. The molecule has 0 aromatic carbocycles. The van der Waals surface area contributed by atoms with Gasteiger partial charge in [0.15, 0.2) is 0 Å². The van der Waals surface area contributed by atoms with Crippen molar-refractivity contribution in [1.29, 1.82) is 0 Å². The van der Waals surface area contributed by atoms with Gasteiger partial charge in [-0.1, -0.05) is 19.3 Å². The van der Waals surface area contributed by atoms with Crippen LogP contribution in [-0.4, -0.2) is 19.0 Å². The van der Waals surface area contributed by atoms with E-state index in [4.69, 9.17) is 5.73 Å². The van der Waals surface area contributed by atoms with Crippen molar-refractivity contribution in [2.45, 2.75) is 38.1 Å². The maximum atomic E-state index is 11.3. The molecule has 0 aromatic rings. The monoisotopic (exact) mass is 185 g/mol. The van der Waals surface area contributed by atoms with Crippen LogP contribution < -0.4 is 16.6 Å². The van der Waals surface area contributed by atoms with Crippen molar-refractivity contribution in [3.63, 3.8) is 0 Å². The smallest absolute Gasteiger partial charge is 0.251 e. The standard InChI is InChI=1S/C9H19N3O/c1-11-12-9(13)8(10)7-5-3-2-4-6-7/h7-8,11H,2-6,10H2,1H3,(H,12,13). The lowest BCUT2D eigenvalue weighted by atomic mass is 9.84.